The standard InChI is InChI=1S/C18H15N3O2S/c22-18(15-7-10-21(23)11-8-15)20-16-3-5-17(6-4-16)24-13-14-2-1-9-19-12-14/h1-12H,13H2,(H,20,22). The van der Waals surface area contributed by atoms with Crippen molar-refractivity contribution in [2.75, 3.05) is 5.32 Å². The monoisotopic (exact) mass is 337 g/mol. The quantitative estimate of drug-likeness (QED) is 0.441. The summed E-state index contributed by atoms with van der Waals surface area (Å²) in [7, 11) is 0. The van der Waals surface area contributed by atoms with Gasteiger partial charge in [0.15, 0.2) is 12.4 Å². The number of hydrogen-bond donors (Lipinski definition) is 1. The minimum atomic E-state index is -0.244. The van der Waals surface area contributed by atoms with Crippen molar-refractivity contribution in [1.82, 2.24) is 4.98 Å². The molecule has 0 spiro atoms. The Morgan fingerprint density at radius 3 is 2.54 bits per heavy atom. The molecule has 1 N–H and O–H groups in total. The SMILES string of the molecule is O=C(Nc1ccc(SCc2cccnc2)cc1)c1cc[n+]([O-])cc1. The fourth-order valence-corrected chi connectivity index (χ4v) is 2.88. The molecule has 120 valence electrons. The van der Waals surface area contributed by atoms with Crippen molar-refractivity contribution in [2.24, 2.45) is 0 Å². The van der Waals surface area contributed by atoms with Crippen LogP contribution in [0.15, 0.2) is 78.2 Å². The second kappa shape index (κ2) is 7.61. The zero-order valence-electron chi connectivity index (χ0n) is 12.8. The predicted octanol–water partition coefficient (Wildman–Crippen LogP) is 3.26. The summed E-state index contributed by atoms with van der Waals surface area (Å²) >= 11 is 1.71. The topological polar surface area (TPSA) is 68.9 Å². The number of nitrogens with one attached hydrogen (secondary N) is 1. The molecule has 3 rings (SSSR count). The number of anilines is 1. The third kappa shape index (κ3) is 4.33. The number of carbonyl (C=O) groups excluding carboxylic acids is 1. The summed E-state index contributed by atoms with van der Waals surface area (Å²) in [6, 6.07) is 14.6. The molecule has 0 fully saturated rings. The van der Waals surface area contributed by atoms with Crippen LogP contribution in [0.25, 0.3) is 0 Å². The number of carbonyl (C=O) groups is 1. The van der Waals surface area contributed by atoms with E-state index in [4.69, 9.17) is 0 Å². The smallest absolute Gasteiger partial charge is 0.256 e. The van der Waals surface area contributed by atoms with Crippen molar-refractivity contribution in [2.45, 2.75) is 10.6 Å². The Morgan fingerprint density at radius 2 is 1.88 bits per heavy atom. The number of aromatic nitrogens is 2. The third-order valence-electron chi connectivity index (χ3n) is 3.30. The van der Waals surface area contributed by atoms with Gasteiger partial charge in [-0.2, -0.15) is 4.73 Å². The molecule has 2 heterocycles. The van der Waals surface area contributed by atoms with Gasteiger partial charge in [0, 0.05) is 40.9 Å². The Bertz CT molecular complexity index is 806. The minimum absolute atomic E-state index is 0.244. The maximum absolute atomic E-state index is 12.1. The summed E-state index contributed by atoms with van der Waals surface area (Å²) in [5, 5.41) is 13.8. The molecule has 5 nitrogen and oxygen atoms in total. The van der Waals surface area contributed by atoms with Gasteiger partial charge in [0.2, 0.25) is 0 Å². The van der Waals surface area contributed by atoms with E-state index in [1.54, 1.807) is 18.0 Å². The maximum atomic E-state index is 12.1. The second-order valence-corrected chi connectivity index (χ2v) is 6.12. The normalized spacial score (nSPS) is 10.3. The zero-order valence-corrected chi connectivity index (χ0v) is 13.6. The molecule has 0 aliphatic rings. The Hall–Kier alpha value is -2.86. The van der Waals surface area contributed by atoms with Gasteiger partial charge in [-0.1, -0.05) is 6.07 Å². The first-order chi connectivity index (χ1) is 11.7. The molecule has 0 bridgehead atoms. The average molecular weight is 337 g/mol. The van der Waals surface area contributed by atoms with Gasteiger partial charge in [0.05, 0.1) is 5.56 Å². The zero-order chi connectivity index (χ0) is 16.8. The van der Waals surface area contributed by atoms with Crippen molar-refractivity contribution in [3.05, 3.63) is 89.7 Å². The van der Waals surface area contributed by atoms with E-state index in [1.165, 1.54) is 30.1 Å². The van der Waals surface area contributed by atoms with E-state index in [0.29, 0.717) is 16.0 Å². The molecular weight excluding hydrogens is 322 g/mol. The average Bonchev–Trinajstić information content (AvgIpc) is 2.62. The molecule has 3 aromatic rings. The molecule has 0 saturated carbocycles. The van der Waals surface area contributed by atoms with Crippen molar-refractivity contribution in [1.29, 1.82) is 0 Å². The Morgan fingerprint density at radius 1 is 1.12 bits per heavy atom. The van der Waals surface area contributed by atoms with E-state index in [9.17, 15) is 10.0 Å². The van der Waals surface area contributed by atoms with Crippen LogP contribution in [0.5, 0.6) is 0 Å². The second-order valence-electron chi connectivity index (χ2n) is 5.08. The number of benzene rings is 1. The van der Waals surface area contributed by atoms with Crippen molar-refractivity contribution in [3.8, 4) is 0 Å². The molecule has 1 aromatic carbocycles. The van der Waals surface area contributed by atoms with Gasteiger partial charge in [0.1, 0.15) is 0 Å². The Balaban J connectivity index is 1.58. The molecule has 1 amide bonds. The largest absolute Gasteiger partial charge is 0.619 e. The van der Waals surface area contributed by atoms with Crippen LogP contribution in [-0.4, -0.2) is 10.9 Å². The summed E-state index contributed by atoms with van der Waals surface area (Å²) in [5.41, 5.74) is 2.32. The van der Waals surface area contributed by atoms with E-state index in [2.05, 4.69) is 10.3 Å². The van der Waals surface area contributed by atoms with Crippen LogP contribution in [0, 0.1) is 5.21 Å². The summed E-state index contributed by atoms with van der Waals surface area (Å²) in [6.45, 7) is 0. The number of thioether (sulfide) groups is 1. The molecule has 0 aliphatic heterocycles. The number of pyridine rings is 2. The predicted molar refractivity (Wildman–Crippen MR) is 93.6 cm³/mol. The van der Waals surface area contributed by atoms with E-state index in [-0.39, 0.29) is 5.91 Å². The molecule has 6 heteroatoms. The van der Waals surface area contributed by atoms with Gasteiger partial charge in [0.25, 0.3) is 5.91 Å². The summed E-state index contributed by atoms with van der Waals surface area (Å²) in [4.78, 5) is 17.3. The molecule has 0 atom stereocenters. The molecule has 24 heavy (non-hydrogen) atoms. The highest BCUT2D eigenvalue weighted by Gasteiger charge is 2.07. The van der Waals surface area contributed by atoms with E-state index >= 15 is 0 Å². The molecule has 0 unspecified atom stereocenters. The van der Waals surface area contributed by atoms with Gasteiger partial charge < -0.3 is 10.5 Å². The van der Waals surface area contributed by atoms with E-state index < -0.39 is 0 Å². The lowest BCUT2D eigenvalue weighted by molar-refractivity contribution is -0.605. The highest BCUT2D eigenvalue weighted by atomic mass is 32.2. The van der Waals surface area contributed by atoms with Crippen LogP contribution < -0.4 is 10.0 Å². The lowest BCUT2D eigenvalue weighted by Gasteiger charge is -2.07. The van der Waals surface area contributed by atoms with Gasteiger partial charge in [-0.3, -0.25) is 9.78 Å². The fraction of sp³-hybridized carbons (Fsp3) is 0.0556. The number of nitrogens with zero attached hydrogens (tertiary/aromatic N) is 2. The molecule has 0 saturated heterocycles. The van der Waals surface area contributed by atoms with Crippen LogP contribution in [-0.2, 0) is 5.75 Å². The molecule has 0 radical (unpaired) electrons. The first-order valence-electron chi connectivity index (χ1n) is 7.33. The van der Waals surface area contributed by atoms with Gasteiger partial charge in [-0.15, -0.1) is 11.8 Å². The van der Waals surface area contributed by atoms with E-state index in [0.717, 1.165) is 10.6 Å². The first-order valence-corrected chi connectivity index (χ1v) is 8.31. The van der Waals surface area contributed by atoms with Gasteiger partial charge in [-0.25, -0.2) is 0 Å². The summed E-state index contributed by atoms with van der Waals surface area (Å²) < 4.78 is 0.644. The first kappa shape index (κ1) is 16.0. The lowest BCUT2D eigenvalue weighted by Crippen LogP contribution is -2.25. The van der Waals surface area contributed by atoms with Crippen LogP contribution in [0.3, 0.4) is 0 Å². The molecule has 0 aliphatic carbocycles. The Labute approximate surface area is 144 Å². The summed E-state index contributed by atoms with van der Waals surface area (Å²) in [6.07, 6.45) is 6.21. The highest BCUT2D eigenvalue weighted by molar-refractivity contribution is 7.98. The lowest BCUT2D eigenvalue weighted by atomic mass is 10.2. The van der Waals surface area contributed by atoms with Crippen LogP contribution in [0.2, 0.25) is 0 Å². The van der Waals surface area contributed by atoms with Gasteiger partial charge >= 0.3 is 0 Å². The van der Waals surface area contributed by atoms with Crippen molar-refractivity contribution >= 4 is 23.4 Å². The van der Waals surface area contributed by atoms with Crippen LogP contribution in [0.1, 0.15) is 15.9 Å². The number of amides is 1. The number of hydrogen-bond acceptors (Lipinski definition) is 4. The third-order valence-corrected chi connectivity index (χ3v) is 4.39. The van der Waals surface area contributed by atoms with Crippen LogP contribution in [0.4, 0.5) is 5.69 Å². The van der Waals surface area contributed by atoms with E-state index in [1.807, 2.05) is 42.6 Å². The molecule has 2 aromatic heterocycles. The van der Waals surface area contributed by atoms with Crippen molar-refractivity contribution in [3.63, 3.8) is 0 Å². The van der Waals surface area contributed by atoms with Gasteiger partial charge in [-0.05, 0) is 35.9 Å². The summed E-state index contributed by atoms with van der Waals surface area (Å²) in [5.74, 6) is 0.602. The number of rotatable bonds is 5. The minimum Gasteiger partial charge on any atom is -0.619 e. The van der Waals surface area contributed by atoms with Crippen LogP contribution >= 0.6 is 11.8 Å². The fourth-order valence-electron chi connectivity index (χ4n) is 2.05. The Kier molecular flexibility index (Phi) is 5.08. The molecular formula is C18H15N3O2S. The van der Waals surface area contributed by atoms with Crippen molar-refractivity contribution < 1.29 is 9.52 Å². The highest BCUT2D eigenvalue weighted by Crippen LogP contribution is 2.24. The maximum Gasteiger partial charge on any atom is 0.256 e.